The van der Waals surface area contributed by atoms with Crippen LogP contribution in [0.5, 0.6) is 0 Å². The average molecular weight is 388 g/mol. The first kappa shape index (κ1) is 16.6. The zero-order valence-electron chi connectivity index (χ0n) is 13.5. The van der Waals surface area contributed by atoms with Gasteiger partial charge < -0.3 is 15.2 Å². The van der Waals surface area contributed by atoms with E-state index in [2.05, 4.69) is 53.2 Å². The molecular formula is C17H18BrN5O. The highest BCUT2D eigenvalue weighted by Crippen LogP contribution is 2.20. The molecule has 0 radical (unpaired) electrons. The zero-order valence-corrected chi connectivity index (χ0v) is 15.1. The lowest BCUT2D eigenvalue weighted by molar-refractivity contribution is 0.0941. The summed E-state index contributed by atoms with van der Waals surface area (Å²) in [6.45, 7) is 1.34. The molecule has 2 heterocycles. The fourth-order valence-corrected chi connectivity index (χ4v) is 2.78. The Morgan fingerprint density at radius 2 is 1.96 bits per heavy atom. The quantitative estimate of drug-likeness (QED) is 0.705. The number of H-pyrrole nitrogens is 1. The fourth-order valence-electron chi connectivity index (χ4n) is 2.37. The number of aromatic nitrogens is 3. The number of hydrogen-bond donors (Lipinski definition) is 2. The van der Waals surface area contributed by atoms with Crippen LogP contribution in [-0.4, -0.2) is 39.9 Å². The highest BCUT2D eigenvalue weighted by atomic mass is 79.9. The Kier molecular flexibility index (Phi) is 4.92. The van der Waals surface area contributed by atoms with E-state index in [1.165, 1.54) is 5.56 Å². The molecular weight excluding hydrogens is 370 g/mol. The first-order valence-corrected chi connectivity index (χ1v) is 8.32. The number of carbonyl (C=O) groups excluding carboxylic acids is 1. The molecule has 0 bridgehead atoms. The van der Waals surface area contributed by atoms with Crippen molar-refractivity contribution in [3.05, 3.63) is 58.1 Å². The summed E-state index contributed by atoms with van der Waals surface area (Å²) in [5.41, 5.74) is 2.91. The number of rotatable bonds is 5. The van der Waals surface area contributed by atoms with Crippen LogP contribution in [0.1, 0.15) is 21.7 Å². The van der Waals surface area contributed by atoms with Gasteiger partial charge in [-0.05, 0) is 41.2 Å². The molecule has 6 nitrogen and oxygen atoms in total. The van der Waals surface area contributed by atoms with Gasteiger partial charge in [-0.1, -0.05) is 24.3 Å². The number of fused-ring (bicyclic) bond motifs is 1. The second kappa shape index (κ2) is 7.11. The topological polar surface area (TPSA) is 73.9 Å². The molecule has 0 atom stereocenters. The van der Waals surface area contributed by atoms with Crippen molar-refractivity contribution in [1.29, 1.82) is 0 Å². The van der Waals surface area contributed by atoms with Crippen LogP contribution in [0.4, 0.5) is 0 Å². The van der Waals surface area contributed by atoms with Crippen molar-refractivity contribution in [3.63, 3.8) is 0 Å². The molecule has 0 aliphatic carbocycles. The lowest BCUT2D eigenvalue weighted by Gasteiger charge is -2.10. The minimum Gasteiger partial charge on any atom is -0.345 e. The molecule has 24 heavy (non-hydrogen) atoms. The Bertz CT molecular complexity index is 857. The Morgan fingerprint density at radius 1 is 1.25 bits per heavy atom. The van der Waals surface area contributed by atoms with Gasteiger partial charge in [0.25, 0.3) is 5.91 Å². The van der Waals surface area contributed by atoms with Gasteiger partial charge in [-0.2, -0.15) is 0 Å². The number of hydrogen-bond acceptors (Lipinski definition) is 4. The van der Waals surface area contributed by atoms with Crippen molar-refractivity contribution < 1.29 is 4.79 Å². The molecule has 124 valence electrons. The molecule has 0 aliphatic rings. The van der Waals surface area contributed by atoms with Crippen molar-refractivity contribution in [2.75, 3.05) is 14.1 Å². The molecule has 1 amide bonds. The lowest BCUT2D eigenvalue weighted by atomic mass is 10.1. The third-order valence-corrected chi connectivity index (χ3v) is 4.22. The number of carbonyl (C=O) groups is 1. The van der Waals surface area contributed by atoms with E-state index in [1.807, 2.05) is 26.2 Å². The van der Waals surface area contributed by atoms with Crippen molar-refractivity contribution in [2.24, 2.45) is 0 Å². The number of amides is 1. The number of nitrogens with one attached hydrogen (secondary N) is 2. The van der Waals surface area contributed by atoms with E-state index in [0.717, 1.165) is 22.0 Å². The Balaban J connectivity index is 1.63. The molecule has 0 fully saturated rings. The van der Waals surface area contributed by atoms with Gasteiger partial charge in [0.05, 0.1) is 5.39 Å². The Morgan fingerprint density at radius 3 is 2.67 bits per heavy atom. The molecule has 0 aliphatic heterocycles. The molecule has 3 aromatic rings. The molecule has 0 saturated heterocycles. The monoisotopic (exact) mass is 387 g/mol. The van der Waals surface area contributed by atoms with Gasteiger partial charge in [-0.25, -0.2) is 9.97 Å². The molecule has 2 N–H and O–H groups in total. The SMILES string of the molecule is CN(C)Cc1ccc(CNC(=O)c2ncc3c(Br)c[nH]c3n2)cc1. The second-order valence-electron chi connectivity index (χ2n) is 5.83. The number of halogens is 1. The highest BCUT2D eigenvalue weighted by molar-refractivity contribution is 9.10. The summed E-state index contributed by atoms with van der Waals surface area (Å²) < 4.78 is 0.877. The van der Waals surface area contributed by atoms with Crippen LogP contribution in [0.2, 0.25) is 0 Å². The van der Waals surface area contributed by atoms with Crippen molar-refractivity contribution in [1.82, 2.24) is 25.2 Å². The summed E-state index contributed by atoms with van der Waals surface area (Å²) in [5, 5.41) is 3.70. The third-order valence-electron chi connectivity index (χ3n) is 3.56. The molecule has 1 aromatic carbocycles. The van der Waals surface area contributed by atoms with Crippen LogP contribution in [0.3, 0.4) is 0 Å². The summed E-state index contributed by atoms with van der Waals surface area (Å²) in [4.78, 5) is 25.7. The molecule has 2 aromatic heterocycles. The van der Waals surface area contributed by atoms with Crippen LogP contribution < -0.4 is 5.32 Å². The van der Waals surface area contributed by atoms with E-state index < -0.39 is 0 Å². The first-order valence-electron chi connectivity index (χ1n) is 7.53. The van der Waals surface area contributed by atoms with Gasteiger partial charge in [0.1, 0.15) is 5.65 Å². The lowest BCUT2D eigenvalue weighted by Crippen LogP contribution is -2.25. The maximum atomic E-state index is 12.2. The second-order valence-corrected chi connectivity index (χ2v) is 6.68. The minimum atomic E-state index is -0.292. The maximum Gasteiger partial charge on any atom is 0.289 e. The number of benzene rings is 1. The van der Waals surface area contributed by atoms with Crippen LogP contribution in [0.15, 0.2) is 41.1 Å². The fraction of sp³-hybridized carbons (Fsp3) is 0.235. The molecule has 0 saturated carbocycles. The summed E-state index contributed by atoms with van der Waals surface area (Å²) >= 11 is 3.40. The van der Waals surface area contributed by atoms with Crippen LogP contribution in [0, 0.1) is 0 Å². The van der Waals surface area contributed by atoms with Gasteiger partial charge in [-0.15, -0.1) is 0 Å². The highest BCUT2D eigenvalue weighted by Gasteiger charge is 2.11. The average Bonchev–Trinajstić information content (AvgIpc) is 2.94. The van der Waals surface area contributed by atoms with E-state index in [0.29, 0.717) is 12.2 Å². The zero-order chi connectivity index (χ0) is 17.1. The van der Waals surface area contributed by atoms with E-state index >= 15 is 0 Å². The number of aromatic amines is 1. The van der Waals surface area contributed by atoms with E-state index in [-0.39, 0.29) is 11.7 Å². The number of nitrogens with zero attached hydrogens (tertiary/aromatic N) is 3. The van der Waals surface area contributed by atoms with Gasteiger partial charge in [-0.3, -0.25) is 4.79 Å². The van der Waals surface area contributed by atoms with Crippen molar-refractivity contribution in [3.8, 4) is 0 Å². The molecule has 7 heteroatoms. The van der Waals surface area contributed by atoms with Gasteiger partial charge >= 0.3 is 0 Å². The largest absolute Gasteiger partial charge is 0.345 e. The molecule has 0 spiro atoms. The van der Waals surface area contributed by atoms with E-state index in [1.54, 1.807) is 12.4 Å². The summed E-state index contributed by atoms with van der Waals surface area (Å²) in [7, 11) is 4.07. The molecule has 3 rings (SSSR count). The van der Waals surface area contributed by atoms with E-state index in [9.17, 15) is 4.79 Å². The Hall–Kier alpha value is -2.25. The first-order chi connectivity index (χ1) is 11.5. The predicted octanol–water partition coefficient (Wildman–Crippen LogP) is 2.71. The molecule has 0 unspecified atom stereocenters. The standard InChI is InChI=1S/C17H18BrN5O/c1-23(2)10-12-5-3-11(4-6-12)7-21-17(24)16-19-8-13-14(18)9-20-15(13)22-16/h3-6,8-9H,7,10H2,1-2H3,(H,21,24)(H,19,20,22). The predicted molar refractivity (Wildman–Crippen MR) is 96.6 cm³/mol. The van der Waals surface area contributed by atoms with Gasteiger partial charge in [0.2, 0.25) is 5.82 Å². The summed E-state index contributed by atoms with van der Waals surface area (Å²) in [6, 6.07) is 8.18. The van der Waals surface area contributed by atoms with Crippen LogP contribution in [-0.2, 0) is 13.1 Å². The van der Waals surface area contributed by atoms with Gasteiger partial charge in [0.15, 0.2) is 0 Å². The maximum absolute atomic E-state index is 12.2. The summed E-state index contributed by atoms with van der Waals surface area (Å²) in [5.74, 6) is -0.138. The van der Waals surface area contributed by atoms with Crippen molar-refractivity contribution >= 4 is 32.9 Å². The van der Waals surface area contributed by atoms with E-state index in [4.69, 9.17) is 0 Å². The van der Waals surface area contributed by atoms with Crippen LogP contribution in [0.25, 0.3) is 11.0 Å². The van der Waals surface area contributed by atoms with Crippen molar-refractivity contribution in [2.45, 2.75) is 13.1 Å². The summed E-state index contributed by atoms with van der Waals surface area (Å²) in [6.07, 6.45) is 3.41. The van der Waals surface area contributed by atoms with Gasteiger partial charge in [0, 0.05) is 30.0 Å². The minimum absolute atomic E-state index is 0.154. The normalized spacial score (nSPS) is 11.2. The smallest absolute Gasteiger partial charge is 0.289 e. The Labute approximate surface area is 148 Å². The van der Waals surface area contributed by atoms with Crippen LogP contribution >= 0.6 is 15.9 Å². The third kappa shape index (κ3) is 3.80.